The molecular weight excluding hydrogens is 390 g/mol. The van der Waals surface area contributed by atoms with Crippen molar-refractivity contribution in [3.8, 4) is 22.1 Å². The highest BCUT2D eigenvalue weighted by Crippen LogP contribution is 2.33. The van der Waals surface area contributed by atoms with Crippen molar-refractivity contribution >= 4 is 28.9 Å². The molecule has 0 atom stereocenters. The predicted molar refractivity (Wildman–Crippen MR) is 103 cm³/mol. The van der Waals surface area contributed by atoms with Gasteiger partial charge in [0.15, 0.2) is 11.5 Å². The van der Waals surface area contributed by atoms with E-state index in [4.69, 9.17) is 25.8 Å². The lowest BCUT2D eigenvalue weighted by Gasteiger charge is -2.08. The maximum Gasteiger partial charge on any atom is 0.343 e. The van der Waals surface area contributed by atoms with Crippen molar-refractivity contribution in [1.82, 2.24) is 14.8 Å². The molecule has 0 amide bonds. The molecule has 0 fully saturated rings. The molecule has 0 N–H and O–H groups in total. The molecule has 1 aromatic carbocycles. The molecule has 2 heterocycles. The molecule has 2 aromatic heterocycles. The van der Waals surface area contributed by atoms with Gasteiger partial charge in [-0.05, 0) is 25.1 Å². The lowest BCUT2D eigenvalue weighted by Crippen LogP contribution is -2.07. The van der Waals surface area contributed by atoms with E-state index in [1.54, 1.807) is 28.2 Å². The van der Waals surface area contributed by atoms with Crippen LogP contribution in [0.1, 0.15) is 21.7 Å². The van der Waals surface area contributed by atoms with Gasteiger partial charge in [0, 0.05) is 18.0 Å². The Morgan fingerprint density at radius 1 is 1.26 bits per heavy atom. The minimum Gasteiger partial charge on any atom is -0.493 e. The average molecular weight is 408 g/mol. The molecule has 3 rings (SSSR count). The molecule has 0 bridgehead atoms. The fourth-order valence-corrected chi connectivity index (χ4v) is 3.60. The quantitative estimate of drug-likeness (QED) is 0.577. The number of rotatable bonds is 6. The van der Waals surface area contributed by atoms with Crippen molar-refractivity contribution < 1.29 is 19.0 Å². The van der Waals surface area contributed by atoms with E-state index < -0.39 is 5.97 Å². The van der Waals surface area contributed by atoms with Gasteiger partial charge in [-0.1, -0.05) is 11.6 Å². The summed E-state index contributed by atoms with van der Waals surface area (Å²) >= 11 is 7.54. The highest BCUT2D eigenvalue weighted by atomic mass is 35.5. The van der Waals surface area contributed by atoms with Crippen LogP contribution in [-0.2, 0) is 18.4 Å². The van der Waals surface area contributed by atoms with Crippen LogP contribution < -0.4 is 9.47 Å². The van der Waals surface area contributed by atoms with Gasteiger partial charge in [0.2, 0.25) is 0 Å². The number of nitrogens with zero attached hydrogens (tertiary/aromatic N) is 3. The summed E-state index contributed by atoms with van der Waals surface area (Å²) in [6.45, 7) is 1.76. The van der Waals surface area contributed by atoms with Gasteiger partial charge in [-0.25, -0.2) is 9.78 Å². The van der Waals surface area contributed by atoms with Gasteiger partial charge in [0.25, 0.3) is 0 Å². The largest absolute Gasteiger partial charge is 0.493 e. The summed E-state index contributed by atoms with van der Waals surface area (Å²) in [6, 6.07) is 5.57. The van der Waals surface area contributed by atoms with Crippen molar-refractivity contribution in [2.75, 3.05) is 14.2 Å². The molecule has 0 spiro atoms. The van der Waals surface area contributed by atoms with E-state index in [0.29, 0.717) is 22.9 Å². The lowest BCUT2D eigenvalue weighted by atomic mass is 10.2. The Balaban J connectivity index is 1.72. The summed E-state index contributed by atoms with van der Waals surface area (Å²) in [6.07, 6.45) is 0. The first kappa shape index (κ1) is 19.2. The van der Waals surface area contributed by atoms with E-state index in [0.717, 1.165) is 10.6 Å². The van der Waals surface area contributed by atoms with Gasteiger partial charge in [-0.2, -0.15) is 5.10 Å². The van der Waals surface area contributed by atoms with Crippen molar-refractivity contribution in [2.24, 2.45) is 7.05 Å². The number of methoxy groups -OCH3 is 2. The Labute approximate surface area is 165 Å². The number of carbonyl (C=O) groups excluding carboxylic acids is 1. The lowest BCUT2D eigenvalue weighted by molar-refractivity contribution is 0.0468. The molecule has 0 aliphatic heterocycles. The molecule has 27 heavy (non-hydrogen) atoms. The first-order chi connectivity index (χ1) is 12.9. The van der Waals surface area contributed by atoms with Gasteiger partial charge in [-0.3, -0.25) is 4.68 Å². The molecule has 3 aromatic rings. The summed E-state index contributed by atoms with van der Waals surface area (Å²) < 4.78 is 17.3. The van der Waals surface area contributed by atoms with Gasteiger partial charge in [-0.15, -0.1) is 11.3 Å². The minimum absolute atomic E-state index is 0.0489. The van der Waals surface area contributed by atoms with E-state index in [-0.39, 0.29) is 17.3 Å². The highest BCUT2D eigenvalue weighted by molar-refractivity contribution is 7.13. The molecule has 9 heteroatoms. The standard InChI is InChI=1S/C18H18ClN3O4S/c1-10-15(16(19)22(2)21-10)18(23)26-8-12-9-27-17(20-12)11-5-6-13(24-3)14(7-11)25-4/h5-7,9H,8H2,1-4H3. The summed E-state index contributed by atoms with van der Waals surface area (Å²) in [7, 11) is 4.84. The molecule has 0 saturated heterocycles. The van der Waals surface area contributed by atoms with E-state index in [9.17, 15) is 4.79 Å². The number of aromatic nitrogens is 3. The third-order valence-electron chi connectivity index (χ3n) is 3.89. The first-order valence-corrected chi connectivity index (χ1v) is 9.23. The Morgan fingerprint density at radius 2 is 2.00 bits per heavy atom. The van der Waals surface area contributed by atoms with Crippen LogP contribution in [0.3, 0.4) is 0 Å². The van der Waals surface area contributed by atoms with Crippen molar-refractivity contribution in [3.63, 3.8) is 0 Å². The van der Waals surface area contributed by atoms with Crippen LogP contribution in [0, 0.1) is 6.92 Å². The number of halogens is 1. The van der Waals surface area contributed by atoms with Crippen molar-refractivity contribution in [1.29, 1.82) is 0 Å². The Hall–Kier alpha value is -2.58. The van der Waals surface area contributed by atoms with Crippen LogP contribution in [-0.4, -0.2) is 35.0 Å². The zero-order valence-corrected chi connectivity index (χ0v) is 16.8. The summed E-state index contributed by atoms with van der Waals surface area (Å²) in [5.74, 6) is 0.752. The number of benzene rings is 1. The smallest absolute Gasteiger partial charge is 0.343 e. The van der Waals surface area contributed by atoms with Crippen LogP contribution in [0.4, 0.5) is 0 Å². The Morgan fingerprint density at radius 3 is 2.63 bits per heavy atom. The summed E-state index contributed by atoms with van der Waals surface area (Å²) in [5.41, 5.74) is 2.34. The minimum atomic E-state index is -0.522. The number of ether oxygens (including phenoxy) is 3. The second-order valence-electron chi connectivity index (χ2n) is 5.66. The second kappa shape index (κ2) is 7.98. The fraction of sp³-hybridized carbons (Fsp3) is 0.278. The molecule has 0 radical (unpaired) electrons. The second-order valence-corrected chi connectivity index (χ2v) is 6.88. The van der Waals surface area contributed by atoms with E-state index in [2.05, 4.69) is 10.1 Å². The summed E-state index contributed by atoms with van der Waals surface area (Å²) in [4.78, 5) is 16.8. The van der Waals surface area contributed by atoms with Crippen LogP contribution in [0.25, 0.3) is 10.6 Å². The highest BCUT2D eigenvalue weighted by Gasteiger charge is 2.20. The monoisotopic (exact) mass is 407 g/mol. The molecule has 0 aliphatic carbocycles. The number of hydrogen-bond donors (Lipinski definition) is 0. The topological polar surface area (TPSA) is 75.5 Å². The van der Waals surface area contributed by atoms with Crippen LogP contribution in [0.2, 0.25) is 5.15 Å². The van der Waals surface area contributed by atoms with Crippen molar-refractivity contribution in [3.05, 3.63) is 45.7 Å². The maximum absolute atomic E-state index is 12.3. The molecule has 0 saturated carbocycles. The molecule has 0 aliphatic rings. The van der Waals surface area contributed by atoms with Gasteiger partial charge in [0.1, 0.15) is 22.3 Å². The number of thiazole rings is 1. The zero-order chi connectivity index (χ0) is 19.6. The predicted octanol–water partition coefficient (Wildman–Crippen LogP) is 3.88. The van der Waals surface area contributed by atoms with Crippen LogP contribution >= 0.6 is 22.9 Å². The number of esters is 1. The number of hydrogen-bond acceptors (Lipinski definition) is 7. The number of carbonyl (C=O) groups is 1. The fourth-order valence-electron chi connectivity index (χ4n) is 2.55. The SMILES string of the molecule is COc1ccc(-c2nc(COC(=O)c3c(C)nn(C)c3Cl)cs2)cc1OC. The van der Waals surface area contributed by atoms with E-state index >= 15 is 0 Å². The normalized spacial score (nSPS) is 10.7. The van der Waals surface area contributed by atoms with Crippen molar-refractivity contribution in [2.45, 2.75) is 13.5 Å². The maximum atomic E-state index is 12.3. The third kappa shape index (κ3) is 3.91. The average Bonchev–Trinajstić information content (AvgIpc) is 3.23. The van der Waals surface area contributed by atoms with E-state index in [1.807, 2.05) is 23.6 Å². The molecular formula is C18H18ClN3O4S. The van der Waals surface area contributed by atoms with E-state index in [1.165, 1.54) is 16.0 Å². The molecule has 0 unspecified atom stereocenters. The van der Waals surface area contributed by atoms with Gasteiger partial charge >= 0.3 is 5.97 Å². The molecule has 142 valence electrons. The zero-order valence-electron chi connectivity index (χ0n) is 15.3. The summed E-state index contributed by atoms with van der Waals surface area (Å²) in [5, 5.41) is 6.99. The van der Waals surface area contributed by atoms with Crippen LogP contribution in [0.5, 0.6) is 11.5 Å². The molecule has 7 nitrogen and oxygen atoms in total. The van der Waals surface area contributed by atoms with Gasteiger partial charge in [0.05, 0.1) is 25.6 Å². The third-order valence-corrected chi connectivity index (χ3v) is 5.26. The number of aryl methyl sites for hydroxylation is 2. The van der Waals surface area contributed by atoms with Gasteiger partial charge < -0.3 is 14.2 Å². The first-order valence-electron chi connectivity index (χ1n) is 7.97. The Bertz CT molecular complexity index is 983. The van der Waals surface area contributed by atoms with Crippen LogP contribution in [0.15, 0.2) is 23.6 Å². The Kier molecular flexibility index (Phi) is 5.67.